The fraction of sp³-hybridized carbons (Fsp3) is 0.0909. The number of benzene rings is 3. The van der Waals surface area contributed by atoms with Gasteiger partial charge < -0.3 is 15.6 Å². The summed E-state index contributed by atoms with van der Waals surface area (Å²) < 4.78 is 26.5. The maximum Gasteiger partial charge on any atom is 0.323 e. The first kappa shape index (κ1) is 18.6. The number of nitrogens with zero attached hydrogens (tertiary/aromatic N) is 1. The van der Waals surface area contributed by atoms with Crippen molar-refractivity contribution in [1.29, 1.82) is 0 Å². The number of carbonyl (C=O) groups excluding carboxylic acids is 1. The van der Waals surface area contributed by atoms with E-state index in [0.717, 1.165) is 41.3 Å². The molecular formula is C22H18F2N4O. The summed E-state index contributed by atoms with van der Waals surface area (Å²) in [6.07, 6.45) is 1.57. The van der Waals surface area contributed by atoms with Gasteiger partial charge in [0.2, 0.25) is 0 Å². The van der Waals surface area contributed by atoms with Crippen LogP contribution in [-0.2, 0) is 12.8 Å². The van der Waals surface area contributed by atoms with Crippen LogP contribution in [0.5, 0.6) is 0 Å². The molecule has 0 radical (unpaired) electrons. The van der Waals surface area contributed by atoms with Crippen molar-refractivity contribution in [3.8, 4) is 0 Å². The molecule has 4 rings (SSSR count). The number of rotatable bonds is 5. The average Bonchev–Trinajstić information content (AvgIpc) is 3.13. The summed E-state index contributed by atoms with van der Waals surface area (Å²) >= 11 is 0. The third-order valence-electron chi connectivity index (χ3n) is 4.48. The zero-order chi connectivity index (χ0) is 20.2. The van der Waals surface area contributed by atoms with Crippen LogP contribution in [0.4, 0.5) is 25.0 Å². The number of anilines is 2. The van der Waals surface area contributed by atoms with Gasteiger partial charge in [-0.15, -0.1) is 0 Å². The number of aryl methyl sites for hydroxylation is 2. The Bertz CT molecular complexity index is 1120. The molecular weight excluding hydrogens is 374 g/mol. The van der Waals surface area contributed by atoms with Gasteiger partial charge in [-0.1, -0.05) is 24.3 Å². The van der Waals surface area contributed by atoms with Gasteiger partial charge in [-0.25, -0.2) is 18.6 Å². The fourth-order valence-corrected chi connectivity index (χ4v) is 3.02. The highest BCUT2D eigenvalue weighted by Gasteiger charge is 2.08. The second-order valence-electron chi connectivity index (χ2n) is 6.60. The fourth-order valence-electron chi connectivity index (χ4n) is 3.02. The number of nitrogens with one attached hydrogen (secondary N) is 3. The Kier molecular flexibility index (Phi) is 5.20. The van der Waals surface area contributed by atoms with Crippen LogP contribution >= 0.6 is 0 Å². The molecule has 0 unspecified atom stereocenters. The van der Waals surface area contributed by atoms with E-state index in [1.165, 1.54) is 6.07 Å². The quantitative estimate of drug-likeness (QED) is 0.433. The van der Waals surface area contributed by atoms with Crippen LogP contribution in [0, 0.1) is 11.6 Å². The minimum absolute atomic E-state index is 0.0913. The highest BCUT2D eigenvalue weighted by Crippen LogP contribution is 2.17. The lowest BCUT2D eigenvalue weighted by atomic mass is 10.1. The van der Waals surface area contributed by atoms with E-state index in [4.69, 9.17) is 0 Å². The van der Waals surface area contributed by atoms with Crippen LogP contribution in [0.1, 0.15) is 11.4 Å². The molecule has 2 amide bonds. The van der Waals surface area contributed by atoms with Crippen molar-refractivity contribution in [2.24, 2.45) is 0 Å². The van der Waals surface area contributed by atoms with Crippen LogP contribution in [0.25, 0.3) is 11.0 Å². The summed E-state index contributed by atoms with van der Waals surface area (Å²) in [5.74, 6) is -0.609. The van der Waals surface area contributed by atoms with Crippen molar-refractivity contribution in [2.75, 3.05) is 10.6 Å². The van der Waals surface area contributed by atoms with E-state index in [0.29, 0.717) is 11.8 Å². The van der Waals surface area contributed by atoms with Gasteiger partial charge in [-0.3, -0.25) is 0 Å². The molecule has 0 saturated heterocycles. The SMILES string of the molecule is O=C(Nc1ccc(CCc2nc3ccccc3[nH]2)cc1)Nc1ccc(F)cc1F. The Balaban J connectivity index is 1.33. The number of carbonyl (C=O) groups is 1. The Labute approximate surface area is 165 Å². The van der Waals surface area contributed by atoms with Crippen molar-refractivity contribution in [3.63, 3.8) is 0 Å². The van der Waals surface area contributed by atoms with Crippen molar-refractivity contribution in [2.45, 2.75) is 12.8 Å². The summed E-state index contributed by atoms with van der Waals surface area (Å²) in [5.41, 5.74) is 3.54. The highest BCUT2D eigenvalue weighted by atomic mass is 19.1. The number of hydrogen-bond donors (Lipinski definition) is 3. The molecule has 0 saturated carbocycles. The van der Waals surface area contributed by atoms with Crippen molar-refractivity contribution in [3.05, 3.63) is 89.8 Å². The van der Waals surface area contributed by atoms with Gasteiger partial charge >= 0.3 is 6.03 Å². The third kappa shape index (κ3) is 4.57. The van der Waals surface area contributed by atoms with E-state index in [1.54, 1.807) is 12.1 Å². The van der Waals surface area contributed by atoms with Gasteiger partial charge in [0.05, 0.1) is 16.7 Å². The number of imidazole rings is 1. The molecule has 0 aliphatic carbocycles. The van der Waals surface area contributed by atoms with E-state index in [1.807, 2.05) is 36.4 Å². The minimum atomic E-state index is -0.832. The van der Waals surface area contributed by atoms with E-state index < -0.39 is 17.7 Å². The first-order chi connectivity index (χ1) is 14.1. The lowest BCUT2D eigenvalue weighted by Crippen LogP contribution is -2.20. The lowest BCUT2D eigenvalue weighted by molar-refractivity contribution is 0.262. The van der Waals surface area contributed by atoms with Crippen molar-refractivity contribution in [1.82, 2.24) is 9.97 Å². The zero-order valence-corrected chi connectivity index (χ0v) is 15.4. The van der Waals surface area contributed by atoms with Crippen LogP contribution in [-0.4, -0.2) is 16.0 Å². The molecule has 0 fully saturated rings. The monoisotopic (exact) mass is 392 g/mol. The summed E-state index contributed by atoms with van der Waals surface area (Å²) in [5, 5.41) is 4.98. The number of halogens is 2. The molecule has 3 aromatic carbocycles. The van der Waals surface area contributed by atoms with Crippen molar-refractivity contribution < 1.29 is 13.6 Å². The van der Waals surface area contributed by atoms with Crippen LogP contribution < -0.4 is 10.6 Å². The molecule has 7 heteroatoms. The second-order valence-corrected chi connectivity index (χ2v) is 6.60. The van der Waals surface area contributed by atoms with E-state index in [9.17, 15) is 13.6 Å². The predicted octanol–water partition coefficient (Wildman–Crippen LogP) is 5.27. The molecule has 3 N–H and O–H groups in total. The molecule has 0 bridgehead atoms. The molecule has 4 aromatic rings. The maximum absolute atomic E-state index is 13.6. The molecule has 146 valence electrons. The molecule has 1 heterocycles. The summed E-state index contributed by atoms with van der Waals surface area (Å²) in [6.45, 7) is 0. The molecule has 0 spiro atoms. The predicted molar refractivity (Wildman–Crippen MR) is 109 cm³/mol. The highest BCUT2D eigenvalue weighted by molar-refractivity contribution is 5.99. The van der Waals surface area contributed by atoms with Crippen LogP contribution in [0.2, 0.25) is 0 Å². The Hall–Kier alpha value is -3.74. The molecule has 0 aliphatic rings. The normalized spacial score (nSPS) is 10.8. The zero-order valence-electron chi connectivity index (χ0n) is 15.4. The molecule has 0 atom stereocenters. The van der Waals surface area contributed by atoms with E-state index in [2.05, 4.69) is 20.6 Å². The van der Waals surface area contributed by atoms with Crippen molar-refractivity contribution >= 4 is 28.4 Å². The molecule has 29 heavy (non-hydrogen) atoms. The Morgan fingerprint density at radius 2 is 1.72 bits per heavy atom. The number of aromatic nitrogens is 2. The van der Waals surface area contributed by atoms with E-state index >= 15 is 0 Å². The number of H-pyrrole nitrogens is 1. The second kappa shape index (κ2) is 8.10. The number of para-hydroxylation sites is 2. The number of amides is 2. The average molecular weight is 392 g/mol. The standard InChI is InChI=1S/C22H18F2N4O/c23-15-8-11-18(17(24)13-15)28-22(29)25-16-9-5-14(6-10-16)7-12-21-26-19-3-1-2-4-20(19)27-21/h1-6,8-11,13H,7,12H2,(H,26,27)(H2,25,28,29). The Morgan fingerprint density at radius 3 is 2.48 bits per heavy atom. The summed E-state index contributed by atoms with van der Waals surface area (Å²) in [7, 11) is 0. The molecule has 5 nitrogen and oxygen atoms in total. The minimum Gasteiger partial charge on any atom is -0.342 e. The number of urea groups is 1. The van der Waals surface area contributed by atoms with Gasteiger partial charge in [0.1, 0.15) is 17.5 Å². The number of hydrogen-bond acceptors (Lipinski definition) is 2. The van der Waals surface area contributed by atoms with E-state index in [-0.39, 0.29) is 5.69 Å². The maximum atomic E-state index is 13.6. The molecule has 1 aromatic heterocycles. The van der Waals surface area contributed by atoms with Crippen LogP contribution in [0.3, 0.4) is 0 Å². The number of fused-ring (bicyclic) bond motifs is 1. The summed E-state index contributed by atoms with van der Waals surface area (Å²) in [4.78, 5) is 19.9. The van der Waals surface area contributed by atoms with Gasteiger partial charge in [-0.2, -0.15) is 0 Å². The number of aromatic amines is 1. The molecule has 0 aliphatic heterocycles. The largest absolute Gasteiger partial charge is 0.342 e. The van der Waals surface area contributed by atoms with Gasteiger partial charge in [0.15, 0.2) is 0 Å². The smallest absolute Gasteiger partial charge is 0.323 e. The van der Waals surface area contributed by atoms with Gasteiger partial charge in [-0.05, 0) is 48.4 Å². The van der Waals surface area contributed by atoms with Gasteiger partial charge in [0.25, 0.3) is 0 Å². The Morgan fingerprint density at radius 1 is 0.931 bits per heavy atom. The van der Waals surface area contributed by atoms with Crippen LogP contribution in [0.15, 0.2) is 66.7 Å². The van der Waals surface area contributed by atoms with Gasteiger partial charge in [0, 0.05) is 18.2 Å². The topological polar surface area (TPSA) is 69.8 Å². The summed E-state index contributed by atoms with van der Waals surface area (Å²) in [6, 6.07) is 17.6. The third-order valence-corrected chi connectivity index (χ3v) is 4.48. The first-order valence-electron chi connectivity index (χ1n) is 9.12. The lowest BCUT2D eigenvalue weighted by Gasteiger charge is -2.09. The first-order valence-corrected chi connectivity index (χ1v) is 9.12.